The predicted octanol–water partition coefficient (Wildman–Crippen LogP) is 4.57. The number of halogens is 1. The van der Waals surface area contributed by atoms with E-state index in [-0.39, 0.29) is 30.5 Å². The molecule has 0 aromatic heterocycles. The van der Waals surface area contributed by atoms with E-state index in [9.17, 15) is 19.7 Å². The van der Waals surface area contributed by atoms with Gasteiger partial charge in [0.05, 0.1) is 11.3 Å². The summed E-state index contributed by atoms with van der Waals surface area (Å²) in [6.07, 6.45) is 0.109. The lowest BCUT2D eigenvalue weighted by Gasteiger charge is -2.31. The molecule has 0 heterocycles. The van der Waals surface area contributed by atoms with E-state index < -0.39 is 11.0 Å². The largest absolute Gasteiger partial charge is 0.355 e. The molecule has 3 aromatic rings. The first-order chi connectivity index (χ1) is 16.4. The number of benzene rings is 3. The molecular weight excluding hydrogens is 454 g/mol. The first-order valence-electron chi connectivity index (χ1n) is 11.0. The zero-order valence-corrected chi connectivity index (χ0v) is 19.6. The average molecular weight is 480 g/mol. The third-order valence-electron chi connectivity index (χ3n) is 5.42. The van der Waals surface area contributed by atoms with Gasteiger partial charge in [0.15, 0.2) is 0 Å². The van der Waals surface area contributed by atoms with Crippen LogP contribution in [0.3, 0.4) is 0 Å². The number of carbonyl (C=O) groups is 2. The third-order valence-corrected chi connectivity index (χ3v) is 5.67. The summed E-state index contributed by atoms with van der Waals surface area (Å²) in [5.74, 6) is -0.660. The summed E-state index contributed by atoms with van der Waals surface area (Å²) in [7, 11) is 0. The van der Waals surface area contributed by atoms with Crippen molar-refractivity contribution in [1.82, 2.24) is 10.2 Å². The smallest absolute Gasteiger partial charge is 0.273 e. The quantitative estimate of drug-likeness (QED) is 0.340. The van der Waals surface area contributed by atoms with Gasteiger partial charge in [0.1, 0.15) is 6.04 Å². The van der Waals surface area contributed by atoms with Crippen molar-refractivity contribution in [2.75, 3.05) is 6.54 Å². The van der Waals surface area contributed by atoms with Crippen molar-refractivity contribution in [3.8, 4) is 0 Å². The van der Waals surface area contributed by atoms with E-state index in [1.165, 1.54) is 11.0 Å². The molecule has 0 spiro atoms. The topological polar surface area (TPSA) is 92.6 Å². The van der Waals surface area contributed by atoms with Crippen LogP contribution in [0.4, 0.5) is 5.69 Å². The highest BCUT2D eigenvalue weighted by molar-refractivity contribution is 6.30. The highest BCUT2D eigenvalue weighted by Crippen LogP contribution is 2.22. The van der Waals surface area contributed by atoms with Gasteiger partial charge in [0, 0.05) is 36.2 Å². The van der Waals surface area contributed by atoms with E-state index >= 15 is 0 Å². The van der Waals surface area contributed by atoms with Crippen molar-refractivity contribution < 1.29 is 14.5 Å². The standard InChI is InChI=1S/C26H26ClN3O4/c1-2-28-26(32)24(16-19-8-4-3-5-9-19)29(18-20-12-14-22(27)15-13-20)25(31)17-21-10-6-7-11-23(21)30(33)34/h3-15,24H,2,16-18H2,1H3,(H,28,32). The normalized spacial score (nSPS) is 11.5. The Bertz CT molecular complexity index is 1140. The predicted molar refractivity (Wildman–Crippen MR) is 131 cm³/mol. The molecule has 1 N–H and O–H groups in total. The number of nitro benzene ring substituents is 1. The Kier molecular flexibility index (Phi) is 8.76. The van der Waals surface area contributed by atoms with Crippen molar-refractivity contribution in [2.45, 2.75) is 32.4 Å². The number of nitro groups is 1. The van der Waals surface area contributed by atoms with Crippen molar-refractivity contribution in [3.63, 3.8) is 0 Å². The van der Waals surface area contributed by atoms with Crippen LogP contribution in [-0.2, 0) is 29.0 Å². The second kappa shape index (κ2) is 12.0. The monoisotopic (exact) mass is 479 g/mol. The van der Waals surface area contributed by atoms with Gasteiger partial charge in [-0.3, -0.25) is 19.7 Å². The molecule has 8 heteroatoms. The Labute approximate surface area is 203 Å². The fraction of sp³-hybridized carbons (Fsp3) is 0.231. The van der Waals surface area contributed by atoms with Gasteiger partial charge >= 0.3 is 0 Å². The van der Waals surface area contributed by atoms with E-state index in [2.05, 4.69) is 5.32 Å². The van der Waals surface area contributed by atoms with Gasteiger partial charge in [-0.15, -0.1) is 0 Å². The maximum absolute atomic E-state index is 13.6. The summed E-state index contributed by atoms with van der Waals surface area (Å²) in [6, 6.07) is 21.8. The zero-order valence-electron chi connectivity index (χ0n) is 18.8. The minimum absolute atomic E-state index is 0.125. The van der Waals surface area contributed by atoms with Crippen LogP contribution in [0.25, 0.3) is 0 Å². The van der Waals surface area contributed by atoms with Crippen LogP contribution in [0.15, 0.2) is 78.9 Å². The van der Waals surface area contributed by atoms with Gasteiger partial charge in [-0.05, 0) is 30.2 Å². The zero-order chi connectivity index (χ0) is 24.5. The molecule has 1 unspecified atom stereocenters. The number of carbonyl (C=O) groups excluding carboxylic acids is 2. The fourth-order valence-corrected chi connectivity index (χ4v) is 3.86. The number of para-hydroxylation sites is 1. The molecular formula is C26H26ClN3O4. The van der Waals surface area contributed by atoms with Crippen molar-refractivity contribution >= 4 is 29.1 Å². The first kappa shape index (κ1) is 24.9. The van der Waals surface area contributed by atoms with Crippen LogP contribution in [0.2, 0.25) is 5.02 Å². The molecule has 7 nitrogen and oxygen atoms in total. The Balaban J connectivity index is 1.99. The molecule has 0 aliphatic carbocycles. The lowest BCUT2D eigenvalue weighted by molar-refractivity contribution is -0.385. The van der Waals surface area contributed by atoms with E-state index in [0.29, 0.717) is 23.6 Å². The molecule has 0 aliphatic rings. The molecule has 3 aromatic carbocycles. The van der Waals surface area contributed by atoms with Crippen LogP contribution in [-0.4, -0.2) is 34.2 Å². The third kappa shape index (κ3) is 6.65. The maximum Gasteiger partial charge on any atom is 0.273 e. The van der Waals surface area contributed by atoms with E-state index in [0.717, 1.165) is 11.1 Å². The first-order valence-corrected chi connectivity index (χ1v) is 11.3. The van der Waals surface area contributed by atoms with Crippen LogP contribution < -0.4 is 5.32 Å². The minimum atomic E-state index is -0.798. The maximum atomic E-state index is 13.6. The summed E-state index contributed by atoms with van der Waals surface area (Å²) in [6.45, 7) is 2.39. The summed E-state index contributed by atoms with van der Waals surface area (Å²) >= 11 is 6.02. The van der Waals surface area contributed by atoms with Crippen LogP contribution in [0, 0.1) is 10.1 Å². The fourth-order valence-electron chi connectivity index (χ4n) is 3.74. The van der Waals surface area contributed by atoms with Crippen LogP contribution in [0.1, 0.15) is 23.6 Å². The van der Waals surface area contributed by atoms with Gasteiger partial charge in [-0.2, -0.15) is 0 Å². The molecule has 176 valence electrons. The van der Waals surface area contributed by atoms with Crippen LogP contribution >= 0.6 is 11.6 Å². The SMILES string of the molecule is CCNC(=O)C(Cc1ccccc1)N(Cc1ccc(Cl)cc1)C(=O)Cc1ccccc1[N+](=O)[O-]. The van der Waals surface area contributed by atoms with E-state index in [1.807, 2.05) is 37.3 Å². The number of nitrogens with one attached hydrogen (secondary N) is 1. The molecule has 34 heavy (non-hydrogen) atoms. The summed E-state index contributed by atoms with van der Waals surface area (Å²) in [5.41, 5.74) is 1.87. The summed E-state index contributed by atoms with van der Waals surface area (Å²) < 4.78 is 0. The second-order valence-electron chi connectivity index (χ2n) is 7.81. The van der Waals surface area contributed by atoms with Crippen molar-refractivity contribution in [2.24, 2.45) is 0 Å². The minimum Gasteiger partial charge on any atom is -0.355 e. The Morgan fingerprint density at radius 1 is 0.971 bits per heavy atom. The van der Waals surface area contributed by atoms with Gasteiger partial charge in [-0.1, -0.05) is 72.3 Å². The average Bonchev–Trinajstić information content (AvgIpc) is 2.83. The van der Waals surface area contributed by atoms with E-state index in [4.69, 9.17) is 11.6 Å². The highest BCUT2D eigenvalue weighted by Gasteiger charge is 2.31. The molecule has 0 saturated carbocycles. The number of amides is 2. The van der Waals surface area contributed by atoms with Gasteiger partial charge in [0.2, 0.25) is 11.8 Å². The number of likely N-dealkylation sites (N-methyl/N-ethyl adjacent to an activating group) is 1. The Hall–Kier alpha value is -3.71. The van der Waals surface area contributed by atoms with Crippen LogP contribution in [0.5, 0.6) is 0 Å². The Morgan fingerprint density at radius 2 is 1.62 bits per heavy atom. The van der Waals surface area contributed by atoms with Gasteiger partial charge < -0.3 is 10.2 Å². The number of hydrogen-bond acceptors (Lipinski definition) is 4. The molecule has 2 amide bonds. The number of rotatable bonds is 10. The summed E-state index contributed by atoms with van der Waals surface area (Å²) in [5, 5.41) is 14.9. The molecule has 0 bridgehead atoms. The van der Waals surface area contributed by atoms with E-state index in [1.54, 1.807) is 42.5 Å². The van der Waals surface area contributed by atoms with Crippen molar-refractivity contribution in [1.29, 1.82) is 0 Å². The number of nitrogens with zero attached hydrogens (tertiary/aromatic N) is 2. The molecule has 0 fully saturated rings. The molecule has 1 atom stereocenters. The van der Waals surface area contributed by atoms with Gasteiger partial charge in [0.25, 0.3) is 5.69 Å². The molecule has 0 saturated heterocycles. The highest BCUT2D eigenvalue weighted by atomic mass is 35.5. The summed E-state index contributed by atoms with van der Waals surface area (Å²) in [4.78, 5) is 39.2. The Morgan fingerprint density at radius 3 is 2.26 bits per heavy atom. The second-order valence-corrected chi connectivity index (χ2v) is 8.25. The molecule has 0 aliphatic heterocycles. The van der Waals surface area contributed by atoms with Crippen molar-refractivity contribution in [3.05, 3.63) is 111 Å². The van der Waals surface area contributed by atoms with Gasteiger partial charge in [-0.25, -0.2) is 0 Å². The lowest BCUT2D eigenvalue weighted by Crippen LogP contribution is -2.51. The molecule has 3 rings (SSSR count). The number of hydrogen-bond donors (Lipinski definition) is 1. The molecule has 0 radical (unpaired) electrons. The lowest BCUT2D eigenvalue weighted by atomic mass is 10.0.